The van der Waals surface area contributed by atoms with Crippen LogP contribution in [-0.4, -0.2) is 30.6 Å². The summed E-state index contributed by atoms with van der Waals surface area (Å²) in [6, 6.07) is 24.8. The zero-order valence-electron chi connectivity index (χ0n) is 20.7. The summed E-state index contributed by atoms with van der Waals surface area (Å²) in [6.07, 6.45) is -1.34. The summed E-state index contributed by atoms with van der Waals surface area (Å²) < 4.78 is 11.1. The number of ether oxygens (including phenoxy) is 2. The summed E-state index contributed by atoms with van der Waals surface area (Å²) in [4.78, 5) is 53.4. The van der Waals surface area contributed by atoms with Gasteiger partial charge in [0.25, 0.3) is 5.91 Å². The number of rotatable bonds is 6. The van der Waals surface area contributed by atoms with Crippen molar-refractivity contribution < 1.29 is 28.7 Å². The molecule has 0 heterocycles. The van der Waals surface area contributed by atoms with Crippen LogP contribution in [0.5, 0.6) is 5.75 Å². The van der Waals surface area contributed by atoms with Gasteiger partial charge in [-0.2, -0.15) is 0 Å². The van der Waals surface area contributed by atoms with Crippen molar-refractivity contribution in [2.45, 2.75) is 13.0 Å². The van der Waals surface area contributed by atoms with E-state index in [-0.39, 0.29) is 33.6 Å². The molecule has 1 aliphatic carbocycles. The van der Waals surface area contributed by atoms with Gasteiger partial charge >= 0.3 is 5.97 Å². The maximum absolute atomic E-state index is 13.5. The van der Waals surface area contributed by atoms with Crippen molar-refractivity contribution in [3.8, 4) is 5.75 Å². The van der Waals surface area contributed by atoms with Crippen molar-refractivity contribution >= 4 is 29.1 Å². The summed E-state index contributed by atoms with van der Waals surface area (Å²) in [5.74, 6) is -1.86. The Hall–Kier alpha value is -5.04. The van der Waals surface area contributed by atoms with Crippen molar-refractivity contribution in [3.63, 3.8) is 0 Å². The molecule has 4 aromatic rings. The third kappa shape index (κ3) is 4.46. The fraction of sp³-hybridized carbons (Fsp3) is 0.0968. The Kier molecular flexibility index (Phi) is 6.58. The van der Waals surface area contributed by atoms with Gasteiger partial charge in [-0.1, -0.05) is 72.8 Å². The van der Waals surface area contributed by atoms with Crippen LogP contribution in [0.2, 0.25) is 0 Å². The van der Waals surface area contributed by atoms with Gasteiger partial charge in [0.05, 0.1) is 18.4 Å². The number of anilines is 1. The van der Waals surface area contributed by atoms with E-state index in [0.29, 0.717) is 17.0 Å². The average Bonchev–Trinajstić information content (AvgIpc) is 2.94. The Morgan fingerprint density at radius 2 is 1.42 bits per heavy atom. The topological polar surface area (TPSA) is 98.8 Å². The highest BCUT2D eigenvalue weighted by molar-refractivity contribution is 6.30. The van der Waals surface area contributed by atoms with E-state index in [1.54, 1.807) is 66.7 Å². The second-order valence-corrected chi connectivity index (χ2v) is 8.82. The molecule has 38 heavy (non-hydrogen) atoms. The number of carbonyl (C=O) groups excluding carboxylic acids is 4. The molecule has 188 valence electrons. The van der Waals surface area contributed by atoms with Crippen LogP contribution in [0.25, 0.3) is 0 Å². The van der Waals surface area contributed by atoms with Crippen LogP contribution in [0.15, 0.2) is 91.0 Å². The molecule has 0 bridgehead atoms. The number of aryl methyl sites for hydroxylation is 1. The largest absolute Gasteiger partial charge is 0.495 e. The summed E-state index contributed by atoms with van der Waals surface area (Å²) in [5, 5.41) is 2.79. The zero-order valence-corrected chi connectivity index (χ0v) is 20.7. The fourth-order valence-electron chi connectivity index (χ4n) is 4.50. The van der Waals surface area contributed by atoms with Gasteiger partial charge in [-0.15, -0.1) is 0 Å². The number of esters is 1. The van der Waals surface area contributed by atoms with Crippen LogP contribution in [0.1, 0.15) is 59.4 Å². The van der Waals surface area contributed by atoms with E-state index in [9.17, 15) is 19.2 Å². The van der Waals surface area contributed by atoms with Crippen molar-refractivity contribution in [1.82, 2.24) is 0 Å². The van der Waals surface area contributed by atoms with E-state index in [4.69, 9.17) is 9.47 Å². The van der Waals surface area contributed by atoms with Gasteiger partial charge in [-0.3, -0.25) is 14.4 Å². The summed E-state index contributed by atoms with van der Waals surface area (Å²) in [6.45, 7) is 1.87. The Bertz CT molecular complexity index is 1590. The first kappa shape index (κ1) is 24.6. The molecule has 7 heteroatoms. The molecule has 0 unspecified atom stereocenters. The Balaban J connectivity index is 1.51. The molecule has 0 fully saturated rings. The molecule has 1 atom stereocenters. The minimum absolute atomic E-state index is 0.0335. The van der Waals surface area contributed by atoms with E-state index in [1.807, 2.05) is 13.0 Å². The van der Waals surface area contributed by atoms with Crippen molar-refractivity contribution in [2.75, 3.05) is 12.4 Å². The molecule has 5 rings (SSSR count). The third-order valence-electron chi connectivity index (χ3n) is 6.35. The third-order valence-corrected chi connectivity index (χ3v) is 6.35. The SMILES string of the molecule is COc1ccc(C)cc1NC(=O)[C@H](OC(=O)c1cccc2c1C(=O)c1ccccc1C2=O)c1ccccc1. The molecule has 0 aromatic heterocycles. The second-order valence-electron chi connectivity index (χ2n) is 8.82. The van der Waals surface area contributed by atoms with E-state index in [1.165, 1.54) is 25.3 Å². The lowest BCUT2D eigenvalue weighted by molar-refractivity contribution is -0.125. The number of hydrogen-bond donors (Lipinski definition) is 1. The van der Waals surface area contributed by atoms with Crippen molar-refractivity contribution in [2.24, 2.45) is 0 Å². The van der Waals surface area contributed by atoms with Crippen LogP contribution < -0.4 is 10.1 Å². The molecule has 0 aliphatic heterocycles. The minimum Gasteiger partial charge on any atom is -0.495 e. The smallest absolute Gasteiger partial charge is 0.340 e. The zero-order chi connectivity index (χ0) is 26.8. The number of fused-ring (bicyclic) bond motifs is 2. The lowest BCUT2D eigenvalue weighted by atomic mass is 9.82. The van der Waals surface area contributed by atoms with Crippen LogP contribution >= 0.6 is 0 Å². The first-order valence-corrected chi connectivity index (χ1v) is 11.9. The van der Waals surface area contributed by atoms with Gasteiger partial charge in [0.1, 0.15) is 5.75 Å². The number of amides is 1. The molecule has 0 saturated carbocycles. The molecule has 0 saturated heterocycles. The molecular formula is C31H23NO6. The van der Waals surface area contributed by atoms with Gasteiger partial charge < -0.3 is 14.8 Å². The highest BCUT2D eigenvalue weighted by Crippen LogP contribution is 2.32. The number of benzene rings is 4. The van der Waals surface area contributed by atoms with Crippen LogP contribution in [0.3, 0.4) is 0 Å². The quantitative estimate of drug-likeness (QED) is 0.314. The number of nitrogens with one attached hydrogen (secondary N) is 1. The first-order valence-electron chi connectivity index (χ1n) is 11.9. The highest BCUT2D eigenvalue weighted by atomic mass is 16.5. The molecule has 0 spiro atoms. The van der Waals surface area contributed by atoms with Crippen LogP contribution in [-0.2, 0) is 9.53 Å². The Morgan fingerprint density at radius 3 is 2.13 bits per heavy atom. The van der Waals surface area contributed by atoms with E-state index in [0.717, 1.165) is 5.56 Å². The molecule has 1 amide bonds. The van der Waals surface area contributed by atoms with Crippen LogP contribution in [0, 0.1) is 6.92 Å². The predicted molar refractivity (Wildman–Crippen MR) is 141 cm³/mol. The maximum atomic E-state index is 13.5. The first-order chi connectivity index (χ1) is 18.4. The highest BCUT2D eigenvalue weighted by Gasteiger charge is 2.35. The van der Waals surface area contributed by atoms with Gasteiger partial charge in [0.2, 0.25) is 6.10 Å². The lowest BCUT2D eigenvalue weighted by Gasteiger charge is -2.22. The van der Waals surface area contributed by atoms with E-state index < -0.39 is 23.8 Å². The number of ketones is 2. The molecule has 4 aromatic carbocycles. The fourth-order valence-corrected chi connectivity index (χ4v) is 4.50. The van der Waals surface area contributed by atoms with Gasteiger partial charge in [-0.05, 0) is 30.7 Å². The summed E-state index contributed by atoms with van der Waals surface area (Å²) in [5.41, 5.74) is 2.25. The average molecular weight is 506 g/mol. The van der Waals surface area contributed by atoms with Crippen molar-refractivity contribution in [3.05, 3.63) is 130 Å². The van der Waals surface area contributed by atoms with Gasteiger partial charge in [0.15, 0.2) is 11.6 Å². The molecular weight excluding hydrogens is 482 g/mol. The monoisotopic (exact) mass is 505 g/mol. The second kappa shape index (κ2) is 10.1. The van der Waals surface area contributed by atoms with Gasteiger partial charge in [0, 0.05) is 27.8 Å². The number of hydrogen-bond acceptors (Lipinski definition) is 6. The molecule has 1 N–H and O–H groups in total. The molecule has 1 aliphatic rings. The number of carbonyl (C=O) groups is 4. The van der Waals surface area contributed by atoms with E-state index in [2.05, 4.69) is 5.32 Å². The summed E-state index contributed by atoms with van der Waals surface area (Å²) in [7, 11) is 1.49. The predicted octanol–water partition coefficient (Wildman–Crippen LogP) is 5.32. The minimum atomic E-state index is -1.34. The molecule has 7 nitrogen and oxygen atoms in total. The standard InChI is InChI=1S/C31H23NO6/c1-18-15-16-25(37-2)24(17-18)32-30(35)29(19-9-4-3-5-10-19)38-31(36)23-14-8-13-22-26(23)28(34)21-12-7-6-11-20(21)27(22)33/h3-17,29H,1-2H3,(H,32,35)/t29-/m1/s1. The Morgan fingerprint density at radius 1 is 0.763 bits per heavy atom. The Labute approximate surface area is 219 Å². The van der Waals surface area contributed by atoms with Crippen LogP contribution in [0.4, 0.5) is 5.69 Å². The normalized spacial score (nSPS) is 12.7. The number of methoxy groups -OCH3 is 1. The maximum Gasteiger partial charge on any atom is 0.340 e. The molecule has 0 radical (unpaired) electrons. The van der Waals surface area contributed by atoms with Gasteiger partial charge in [-0.25, -0.2) is 4.79 Å². The summed E-state index contributed by atoms with van der Waals surface area (Å²) >= 11 is 0. The lowest BCUT2D eigenvalue weighted by Crippen LogP contribution is -2.28. The van der Waals surface area contributed by atoms with E-state index >= 15 is 0 Å². The van der Waals surface area contributed by atoms with Crippen molar-refractivity contribution in [1.29, 1.82) is 0 Å².